The van der Waals surface area contributed by atoms with Gasteiger partial charge in [0.25, 0.3) is 5.69 Å². The first-order chi connectivity index (χ1) is 41.0. The van der Waals surface area contributed by atoms with Crippen molar-refractivity contribution < 1.29 is 25.8 Å². The Bertz CT molecular complexity index is 5020. The van der Waals surface area contributed by atoms with Crippen LogP contribution in [-0.4, -0.2) is 24.7 Å². The molecule has 10 aromatic carbocycles. The third-order valence-electron chi connectivity index (χ3n) is 17.1. The van der Waals surface area contributed by atoms with Gasteiger partial charge >= 0.3 is 32.8 Å². The molecule has 0 saturated heterocycles. The van der Waals surface area contributed by atoms with Gasteiger partial charge in [0.05, 0.1) is 27.6 Å². The normalized spacial score (nSPS) is 12.8. The van der Waals surface area contributed by atoms with E-state index >= 15 is 0 Å². The number of fused-ring (bicyclic) bond motifs is 10. The molecule has 0 saturated carbocycles. The van der Waals surface area contributed by atoms with Gasteiger partial charge in [0.2, 0.25) is 5.69 Å². The largest absolute Gasteiger partial charge is 2.00 e. The maximum atomic E-state index is 6.92. The van der Waals surface area contributed by atoms with Crippen molar-refractivity contribution >= 4 is 94.2 Å². The molecule has 0 aliphatic carbocycles. The smallest absolute Gasteiger partial charge is 0.509 e. The zero-order valence-corrected chi connectivity index (χ0v) is 52.0. The number of rotatable bonds is 8. The van der Waals surface area contributed by atoms with Gasteiger partial charge in [-0.2, -0.15) is 12.1 Å². The Labute approximate surface area is 516 Å². The first-order valence-electron chi connectivity index (χ1n) is 29.4. The molecule has 0 fully saturated rings. The SMILES string of the molecule is CC(C)(C)c1cc([N+]2=C=[N+](c3[c-]c(Oc4[c-]c5c(cc4)c4cc(-n6c7ccccc7c7ccccc76)ccc4n5-c4cc(C(C)(C)C)ccn4)ccc3)c3cccc(-c4cccc(-n5c6ccccc6c6ccccc65)c4)c32)cc(C(C)(C)C)c1.[Pt+2]. The molecule has 4 aromatic heterocycles. The van der Waals surface area contributed by atoms with Gasteiger partial charge in [-0.25, -0.2) is 4.98 Å². The predicted molar refractivity (Wildman–Crippen MR) is 354 cm³/mol. The molecule has 0 radical (unpaired) electrons. The van der Waals surface area contributed by atoms with E-state index in [4.69, 9.17) is 9.72 Å². The molecule has 5 heterocycles. The fraction of sp³-hybridized carbons (Fsp3) is 0.154. The minimum absolute atomic E-state index is 0. The monoisotopic (exact) mass is 1300 g/mol. The van der Waals surface area contributed by atoms with Gasteiger partial charge in [-0.1, -0.05) is 182 Å². The van der Waals surface area contributed by atoms with Crippen LogP contribution in [0.25, 0.3) is 93.7 Å². The first-order valence-corrected chi connectivity index (χ1v) is 29.4. The predicted octanol–water partition coefficient (Wildman–Crippen LogP) is 20.2. The Morgan fingerprint density at radius 2 is 0.965 bits per heavy atom. The van der Waals surface area contributed by atoms with Crippen LogP contribution in [0.1, 0.15) is 79.0 Å². The topological polar surface area (TPSA) is 42.9 Å². The fourth-order valence-corrected chi connectivity index (χ4v) is 12.7. The molecule has 14 aromatic rings. The average Bonchev–Trinajstić information content (AvgIpc) is 1.65. The number of hydrogen-bond donors (Lipinski definition) is 0. The summed E-state index contributed by atoms with van der Waals surface area (Å²) >= 11 is 0. The maximum absolute atomic E-state index is 6.92. The molecule has 0 unspecified atom stereocenters. The van der Waals surface area contributed by atoms with Gasteiger partial charge in [-0.15, -0.1) is 23.6 Å². The van der Waals surface area contributed by atoms with E-state index in [0.29, 0.717) is 11.5 Å². The average molecular weight is 1300 g/mol. The van der Waals surface area contributed by atoms with Crippen molar-refractivity contribution in [2.75, 3.05) is 0 Å². The molecule has 1 aliphatic rings. The van der Waals surface area contributed by atoms with Crippen LogP contribution >= 0.6 is 0 Å². The number of hydrogen-bond acceptors (Lipinski definition) is 2. The van der Waals surface area contributed by atoms with Crippen molar-refractivity contribution in [3.63, 3.8) is 0 Å². The van der Waals surface area contributed by atoms with Gasteiger partial charge in [0, 0.05) is 74.3 Å². The number of para-hydroxylation sites is 5. The van der Waals surface area contributed by atoms with E-state index in [0.717, 1.165) is 72.9 Å². The van der Waals surface area contributed by atoms with Crippen molar-refractivity contribution in [1.82, 2.24) is 27.8 Å². The molecule has 0 atom stereocenters. The van der Waals surface area contributed by atoms with Crippen molar-refractivity contribution in [3.8, 4) is 39.8 Å². The second-order valence-corrected chi connectivity index (χ2v) is 25.8. The molecule has 15 rings (SSSR count). The Morgan fingerprint density at radius 3 is 1.57 bits per heavy atom. The summed E-state index contributed by atoms with van der Waals surface area (Å²) in [7, 11) is 0. The summed E-state index contributed by atoms with van der Waals surface area (Å²) in [5, 5.41) is 7.06. The summed E-state index contributed by atoms with van der Waals surface area (Å²) in [6.45, 7) is 20.5. The summed E-state index contributed by atoms with van der Waals surface area (Å²) < 4.78 is 18.3. The molecular weight excluding hydrogens is 1230 g/mol. The molecule has 1 aliphatic heterocycles. The van der Waals surface area contributed by atoms with Crippen LogP contribution in [0.15, 0.2) is 225 Å². The Morgan fingerprint density at radius 1 is 0.419 bits per heavy atom. The molecule has 0 N–H and O–H groups in total. The minimum Gasteiger partial charge on any atom is -0.509 e. The van der Waals surface area contributed by atoms with Crippen molar-refractivity contribution in [1.29, 1.82) is 0 Å². The van der Waals surface area contributed by atoms with Crippen LogP contribution in [0.5, 0.6) is 11.5 Å². The van der Waals surface area contributed by atoms with Crippen molar-refractivity contribution in [3.05, 3.63) is 253 Å². The summed E-state index contributed by atoms with van der Waals surface area (Å²) in [4.78, 5) is 5.04. The molecule has 7 nitrogen and oxygen atoms in total. The zero-order chi connectivity index (χ0) is 58.1. The van der Waals surface area contributed by atoms with Crippen LogP contribution in [0.3, 0.4) is 0 Å². The third-order valence-corrected chi connectivity index (χ3v) is 17.1. The number of benzene rings is 10. The maximum Gasteiger partial charge on any atom is 2.00 e. The van der Waals surface area contributed by atoms with Crippen LogP contribution < -0.4 is 13.9 Å². The molecule has 86 heavy (non-hydrogen) atoms. The van der Waals surface area contributed by atoms with E-state index < -0.39 is 0 Å². The van der Waals surface area contributed by atoms with E-state index in [1.54, 1.807) is 0 Å². The Balaban J connectivity index is 0.00000653. The Hall–Kier alpha value is -9.38. The first kappa shape index (κ1) is 54.5. The standard InChI is InChI=1S/C78H64N6O.Pt/c1-76(2,3)51-39-40-79-74(45-51)84-71-38-35-56(83-69-32-16-12-27-63(69)64-28-13-17-33-70(64)83)47-66(71)65-37-36-59(48-73(65)84)85-58-24-19-22-54(46-58)80-49-81(57-43-52(77(4,5)6)42-53(44-57)78(7,8)9)75-60(29-20-34-72(75)80)50-21-18-23-55(41-50)82-67-30-14-10-25-61(67)62-26-11-15-31-68(62)82;/h10-45,47H,1-9H3;/q;+2. The van der Waals surface area contributed by atoms with Crippen LogP contribution in [-0.2, 0) is 37.3 Å². The van der Waals surface area contributed by atoms with E-state index in [9.17, 15) is 0 Å². The van der Waals surface area contributed by atoms with E-state index in [-0.39, 0.29) is 37.3 Å². The van der Waals surface area contributed by atoms with Gasteiger partial charge in [0.15, 0.2) is 0 Å². The minimum atomic E-state index is -0.106. The molecule has 8 heteroatoms. The van der Waals surface area contributed by atoms with E-state index in [2.05, 4.69) is 303 Å². The zero-order valence-electron chi connectivity index (χ0n) is 49.8. The summed E-state index contributed by atoms with van der Waals surface area (Å²) in [5.41, 5.74) is 18.2. The quantitative estimate of drug-likeness (QED) is 0.112. The van der Waals surface area contributed by atoms with Crippen LogP contribution in [0.4, 0.5) is 22.7 Å². The number of aromatic nitrogens is 4. The summed E-state index contributed by atoms with van der Waals surface area (Å²) in [5.74, 6) is 1.94. The molecule has 0 bridgehead atoms. The fourth-order valence-electron chi connectivity index (χ4n) is 12.7. The number of ether oxygens (including phenoxy) is 1. The molecule has 0 spiro atoms. The van der Waals surface area contributed by atoms with Gasteiger partial charge in [-0.05, 0) is 121 Å². The Kier molecular flexibility index (Phi) is 12.9. The summed E-state index contributed by atoms with van der Waals surface area (Å²) in [6, 6.07) is 90.1. The van der Waals surface area contributed by atoms with Crippen molar-refractivity contribution in [2.24, 2.45) is 0 Å². The second-order valence-electron chi connectivity index (χ2n) is 25.8. The van der Waals surface area contributed by atoms with E-state index in [1.165, 1.54) is 60.3 Å². The van der Waals surface area contributed by atoms with Crippen LogP contribution in [0.2, 0.25) is 0 Å². The second kappa shape index (κ2) is 20.4. The van der Waals surface area contributed by atoms with Gasteiger partial charge in [0.1, 0.15) is 11.5 Å². The summed E-state index contributed by atoms with van der Waals surface area (Å²) in [6.07, 6.45) is 1.92. The van der Waals surface area contributed by atoms with Gasteiger partial charge in [-0.3, -0.25) is 0 Å². The number of pyridine rings is 1. The number of nitrogens with zero attached hydrogens (tertiary/aromatic N) is 6. The van der Waals surface area contributed by atoms with Gasteiger partial charge < -0.3 is 18.4 Å². The van der Waals surface area contributed by atoms with E-state index in [1.807, 2.05) is 24.4 Å². The molecule has 420 valence electrons. The molecular formula is C78H64N6OPt+2. The molecule has 0 amide bonds. The third kappa shape index (κ3) is 9.12. The van der Waals surface area contributed by atoms with Crippen LogP contribution in [0, 0.1) is 12.1 Å². The van der Waals surface area contributed by atoms with Crippen molar-refractivity contribution in [2.45, 2.75) is 78.6 Å².